The van der Waals surface area contributed by atoms with E-state index in [-0.39, 0.29) is 11.6 Å². The topological polar surface area (TPSA) is 55.1 Å². The first-order chi connectivity index (χ1) is 7.52. The Bertz CT molecular complexity index is 571. The third-order valence-corrected chi connectivity index (χ3v) is 3.89. The molecule has 0 bridgehead atoms. The van der Waals surface area contributed by atoms with Crippen LogP contribution in [-0.4, -0.2) is 20.8 Å². The first-order valence-electron chi connectivity index (χ1n) is 5.15. The number of aryl methyl sites for hydroxylation is 1. The molecule has 0 saturated carbocycles. The summed E-state index contributed by atoms with van der Waals surface area (Å²) in [6.07, 6.45) is 0.944. The van der Waals surface area contributed by atoms with Crippen LogP contribution in [0.3, 0.4) is 0 Å². The van der Waals surface area contributed by atoms with E-state index in [1.54, 1.807) is 13.8 Å². The molecule has 0 aliphatic heterocycles. The van der Waals surface area contributed by atoms with E-state index < -0.39 is 6.10 Å². The van der Waals surface area contributed by atoms with Crippen molar-refractivity contribution in [1.29, 1.82) is 0 Å². The number of hydrogen-bond acceptors (Lipinski definition) is 4. The van der Waals surface area contributed by atoms with Gasteiger partial charge in [0.15, 0.2) is 0 Å². The molecule has 2 heterocycles. The van der Waals surface area contributed by atoms with Crippen molar-refractivity contribution in [3.05, 3.63) is 27.6 Å². The van der Waals surface area contributed by atoms with Gasteiger partial charge in [-0.15, -0.1) is 11.3 Å². The molecule has 0 saturated heterocycles. The van der Waals surface area contributed by atoms with Crippen LogP contribution in [0.5, 0.6) is 0 Å². The van der Waals surface area contributed by atoms with Crippen LogP contribution in [0, 0.1) is 6.92 Å². The van der Waals surface area contributed by atoms with E-state index in [0.717, 1.165) is 11.1 Å². The summed E-state index contributed by atoms with van der Waals surface area (Å²) in [5, 5.41) is 11.4. The van der Waals surface area contributed by atoms with E-state index in [9.17, 15) is 9.90 Å². The van der Waals surface area contributed by atoms with E-state index in [0.29, 0.717) is 4.70 Å². The second-order valence-corrected chi connectivity index (χ2v) is 4.91. The lowest BCUT2D eigenvalue weighted by molar-refractivity contribution is 0.137. The molecule has 2 atom stereocenters. The summed E-state index contributed by atoms with van der Waals surface area (Å²) < 4.78 is 2.15. The third-order valence-electron chi connectivity index (χ3n) is 2.82. The lowest BCUT2D eigenvalue weighted by atomic mass is 10.2. The third kappa shape index (κ3) is 1.66. The highest BCUT2D eigenvalue weighted by atomic mass is 32.1. The molecular weight excluding hydrogens is 224 g/mol. The van der Waals surface area contributed by atoms with Crippen molar-refractivity contribution in [2.45, 2.75) is 32.9 Å². The lowest BCUT2D eigenvalue weighted by Crippen LogP contribution is -2.29. The number of aliphatic hydroxyl groups excluding tert-OH is 1. The molecule has 2 aromatic heterocycles. The van der Waals surface area contributed by atoms with Crippen molar-refractivity contribution in [2.24, 2.45) is 0 Å². The first-order valence-corrected chi connectivity index (χ1v) is 6.03. The van der Waals surface area contributed by atoms with Crippen LogP contribution in [0.15, 0.2) is 16.5 Å². The van der Waals surface area contributed by atoms with Gasteiger partial charge in [-0.05, 0) is 31.7 Å². The van der Waals surface area contributed by atoms with Gasteiger partial charge in [0.2, 0.25) is 0 Å². The number of thiophene rings is 1. The number of aromatic nitrogens is 2. The van der Waals surface area contributed by atoms with E-state index in [1.165, 1.54) is 22.2 Å². The Balaban J connectivity index is 2.66. The zero-order chi connectivity index (χ0) is 11.9. The predicted molar refractivity (Wildman–Crippen MR) is 65.0 cm³/mol. The molecule has 0 aromatic carbocycles. The minimum Gasteiger partial charge on any atom is -0.391 e. The quantitative estimate of drug-likeness (QED) is 0.866. The molecule has 2 rings (SSSR count). The van der Waals surface area contributed by atoms with Crippen LogP contribution in [0.1, 0.15) is 25.5 Å². The highest BCUT2D eigenvalue weighted by molar-refractivity contribution is 7.17. The largest absolute Gasteiger partial charge is 0.391 e. The summed E-state index contributed by atoms with van der Waals surface area (Å²) in [5.41, 5.74) is 1.72. The summed E-state index contributed by atoms with van der Waals surface area (Å²) in [6.45, 7) is 5.41. The van der Waals surface area contributed by atoms with Crippen molar-refractivity contribution in [2.75, 3.05) is 0 Å². The molecule has 2 aromatic rings. The Morgan fingerprint density at radius 3 is 2.81 bits per heavy atom. The van der Waals surface area contributed by atoms with Gasteiger partial charge in [-0.3, -0.25) is 9.36 Å². The van der Waals surface area contributed by atoms with E-state index >= 15 is 0 Å². The molecule has 16 heavy (non-hydrogen) atoms. The van der Waals surface area contributed by atoms with Crippen molar-refractivity contribution in [3.63, 3.8) is 0 Å². The maximum absolute atomic E-state index is 12.1. The molecule has 0 aliphatic carbocycles. The summed E-state index contributed by atoms with van der Waals surface area (Å²) in [4.78, 5) is 16.4. The summed E-state index contributed by atoms with van der Waals surface area (Å²) >= 11 is 1.41. The van der Waals surface area contributed by atoms with Gasteiger partial charge in [-0.25, -0.2) is 4.98 Å². The smallest absolute Gasteiger partial charge is 0.271 e. The fraction of sp³-hybridized carbons (Fsp3) is 0.455. The SMILES string of the molecule is Cc1csc2c(=O)n(C(C)C(C)O)cnc12. The predicted octanol–water partition coefficient (Wildman–Crippen LogP) is 1.71. The molecule has 4 nitrogen and oxygen atoms in total. The first kappa shape index (κ1) is 11.3. The van der Waals surface area contributed by atoms with Gasteiger partial charge in [0, 0.05) is 0 Å². The van der Waals surface area contributed by atoms with Crippen molar-refractivity contribution >= 4 is 21.6 Å². The van der Waals surface area contributed by atoms with Gasteiger partial charge in [-0.2, -0.15) is 0 Å². The minimum atomic E-state index is -0.571. The molecule has 0 spiro atoms. The minimum absolute atomic E-state index is 0.0727. The Kier molecular flexibility index (Phi) is 2.82. The molecule has 0 aliphatic rings. The number of rotatable bonds is 2. The van der Waals surface area contributed by atoms with Gasteiger partial charge in [0.25, 0.3) is 5.56 Å². The van der Waals surface area contributed by atoms with Crippen LogP contribution in [0.25, 0.3) is 10.2 Å². The van der Waals surface area contributed by atoms with Gasteiger partial charge in [0.05, 0.1) is 24.0 Å². The second-order valence-electron chi connectivity index (χ2n) is 4.03. The Hall–Kier alpha value is -1.20. The number of aliphatic hydroxyl groups is 1. The van der Waals surface area contributed by atoms with E-state index in [4.69, 9.17) is 0 Å². The van der Waals surface area contributed by atoms with Crippen LogP contribution in [0.2, 0.25) is 0 Å². The van der Waals surface area contributed by atoms with Crippen molar-refractivity contribution < 1.29 is 5.11 Å². The zero-order valence-corrected chi connectivity index (χ0v) is 10.3. The highest BCUT2D eigenvalue weighted by Gasteiger charge is 2.15. The molecule has 2 unspecified atom stereocenters. The fourth-order valence-corrected chi connectivity index (χ4v) is 2.50. The van der Waals surface area contributed by atoms with Crippen molar-refractivity contribution in [3.8, 4) is 0 Å². The molecule has 0 radical (unpaired) electrons. The average molecular weight is 238 g/mol. The number of fused-ring (bicyclic) bond motifs is 1. The molecule has 1 N–H and O–H groups in total. The molecule has 86 valence electrons. The summed E-state index contributed by atoms with van der Waals surface area (Å²) in [6, 6.07) is -0.258. The maximum Gasteiger partial charge on any atom is 0.271 e. The standard InChI is InChI=1S/C11H14N2O2S/c1-6-4-16-10-9(6)12-5-13(11(10)15)7(2)8(3)14/h4-5,7-8,14H,1-3H3. The van der Waals surface area contributed by atoms with E-state index in [2.05, 4.69) is 4.98 Å². The van der Waals surface area contributed by atoms with E-state index in [1.807, 2.05) is 12.3 Å². The molecule has 0 amide bonds. The zero-order valence-electron chi connectivity index (χ0n) is 9.47. The fourth-order valence-electron chi connectivity index (χ4n) is 1.56. The molecule has 0 fully saturated rings. The summed E-state index contributed by atoms with van der Waals surface area (Å²) in [7, 11) is 0. The maximum atomic E-state index is 12.1. The number of nitrogens with zero attached hydrogens (tertiary/aromatic N) is 2. The summed E-state index contributed by atoms with van der Waals surface area (Å²) in [5.74, 6) is 0. The Morgan fingerprint density at radius 2 is 2.19 bits per heavy atom. The van der Waals surface area contributed by atoms with Crippen molar-refractivity contribution in [1.82, 2.24) is 9.55 Å². The van der Waals surface area contributed by atoms with Gasteiger partial charge < -0.3 is 5.11 Å². The van der Waals surface area contributed by atoms with Crippen LogP contribution >= 0.6 is 11.3 Å². The average Bonchev–Trinajstić information content (AvgIpc) is 2.61. The van der Waals surface area contributed by atoms with Gasteiger partial charge in [-0.1, -0.05) is 0 Å². The highest BCUT2D eigenvalue weighted by Crippen LogP contribution is 2.20. The van der Waals surface area contributed by atoms with Gasteiger partial charge in [0.1, 0.15) is 4.70 Å². The monoisotopic (exact) mass is 238 g/mol. The lowest BCUT2D eigenvalue weighted by Gasteiger charge is -2.17. The van der Waals surface area contributed by atoms with Crippen LogP contribution < -0.4 is 5.56 Å². The Morgan fingerprint density at radius 1 is 1.50 bits per heavy atom. The number of hydrogen-bond donors (Lipinski definition) is 1. The molecule has 5 heteroatoms. The normalized spacial score (nSPS) is 15.2. The van der Waals surface area contributed by atoms with Crippen LogP contribution in [0.4, 0.5) is 0 Å². The Labute approximate surface area is 97.2 Å². The van der Waals surface area contributed by atoms with Gasteiger partial charge >= 0.3 is 0 Å². The molecular formula is C11H14N2O2S. The van der Waals surface area contributed by atoms with Crippen LogP contribution in [-0.2, 0) is 0 Å². The second kappa shape index (κ2) is 3.99.